The highest BCUT2D eigenvalue weighted by Gasteiger charge is 2.22. The summed E-state index contributed by atoms with van der Waals surface area (Å²) in [6.45, 7) is 6.92. The van der Waals surface area contributed by atoms with Crippen molar-refractivity contribution in [1.29, 1.82) is 0 Å². The maximum absolute atomic E-state index is 5.49. The molecule has 1 saturated heterocycles. The fourth-order valence-electron chi connectivity index (χ4n) is 3.50. The van der Waals surface area contributed by atoms with E-state index in [1.165, 1.54) is 38.6 Å². The van der Waals surface area contributed by atoms with E-state index in [1.807, 2.05) is 0 Å². The second-order valence-corrected chi connectivity index (χ2v) is 6.39. The minimum Gasteiger partial charge on any atom is -0.338 e. The van der Waals surface area contributed by atoms with E-state index in [1.54, 1.807) is 0 Å². The molecule has 2 N–H and O–H groups in total. The number of aromatic nitrogens is 2. The Morgan fingerprint density at radius 2 is 1.65 bits per heavy atom. The van der Waals surface area contributed by atoms with Crippen LogP contribution in [0.4, 0.5) is 0 Å². The van der Waals surface area contributed by atoms with Gasteiger partial charge in [0.1, 0.15) is 0 Å². The van der Waals surface area contributed by atoms with Crippen molar-refractivity contribution in [2.75, 3.05) is 32.7 Å². The zero-order valence-corrected chi connectivity index (χ0v) is 15.3. The first-order chi connectivity index (χ1) is 10.3. The molecule has 0 unspecified atom stereocenters. The zero-order valence-electron chi connectivity index (χ0n) is 13.7. The number of hydrogen-bond donors (Lipinski definition) is 1. The Kier molecular flexibility index (Phi) is 9.39. The van der Waals surface area contributed by atoms with Crippen LogP contribution in [0.1, 0.15) is 43.8 Å². The minimum absolute atomic E-state index is 0. The monoisotopic (exact) mass is 365 g/mol. The lowest BCUT2D eigenvalue weighted by Gasteiger charge is -2.36. The molecule has 0 bridgehead atoms. The van der Waals surface area contributed by atoms with Crippen molar-refractivity contribution in [3.8, 4) is 0 Å². The molecule has 1 aliphatic heterocycles. The second kappa shape index (κ2) is 10.5. The van der Waals surface area contributed by atoms with Crippen LogP contribution in [0.25, 0.3) is 0 Å². The van der Waals surface area contributed by atoms with Crippen LogP contribution in [0.5, 0.6) is 0 Å². The molecule has 6 nitrogen and oxygen atoms in total. The summed E-state index contributed by atoms with van der Waals surface area (Å²) >= 11 is 0. The first-order valence-electron chi connectivity index (χ1n) is 8.29. The Morgan fingerprint density at radius 1 is 1.00 bits per heavy atom. The number of piperazine rings is 1. The highest BCUT2D eigenvalue weighted by Crippen LogP contribution is 2.24. The number of nitrogens with two attached hydrogens (primary N) is 1. The van der Waals surface area contributed by atoms with E-state index in [-0.39, 0.29) is 24.8 Å². The molecule has 23 heavy (non-hydrogen) atoms. The molecule has 3 rings (SSSR count). The molecular weight excluding hydrogens is 337 g/mol. The molecule has 0 spiro atoms. The number of nitrogens with zero attached hydrogens (tertiary/aromatic N) is 4. The Labute approximate surface area is 151 Å². The summed E-state index contributed by atoms with van der Waals surface area (Å²) in [4.78, 5) is 9.32. The SMILES string of the molecule is Cl.Cl.NCc1nc(CN2CCN(CC3CCCCC3)CC2)no1. The lowest BCUT2D eigenvalue weighted by molar-refractivity contribution is 0.103. The largest absolute Gasteiger partial charge is 0.338 e. The van der Waals surface area contributed by atoms with E-state index in [2.05, 4.69) is 19.9 Å². The van der Waals surface area contributed by atoms with Crippen LogP contribution in [-0.4, -0.2) is 52.7 Å². The first-order valence-corrected chi connectivity index (χ1v) is 8.29. The molecule has 134 valence electrons. The van der Waals surface area contributed by atoms with Gasteiger partial charge in [-0.15, -0.1) is 24.8 Å². The van der Waals surface area contributed by atoms with Crippen LogP contribution in [0.3, 0.4) is 0 Å². The van der Waals surface area contributed by atoms with Gasteiger partial charge in [-0.1, -0.05) is 24.4 Å². The van der Waals surface area contributed by atoms with Gasteiger partial charge in [0.05, 0.1) is 13.1 Å². The standard InChI is InChI=1S/C15H27N5O.2ClH/c16-10-15-17-14(18-21-15)12-20-8-6-19(7-9-20)11-13-4-2-1-3-5-13;;/h13H,1-12,16H2;2*1H. The summed E-state index contributed by atoms with van der Waals surface area (Å²) in [6, 6.07) is 0. The average molecular weight is 366 g/mol. The van der Waals surface area contributed by atoms with Crippen LogP contribution < -0.4 is 5.73 Å². The summed E-state index contributed by atoms with van der Waals surface area (Å²) < 4.78 is 5.05. The van der Waals surface area contributed by atoms with Crippen LogP contribution in [-0.2, 0) is 13.1 Å². The Morgan fingerprint density at radius 3 is 2.26 bits per heavy atom. The Balaban J connectivity index is 0.00000132. The summed E-state index contributed by atoms with van der Waals surface area (Å²) in [5.41, 5.74) is 5.49. The third kappa shape index (κ3) is 6.19. The highest BCUT2D eigenvalue weighted by molar-refractivity contribution is 5.85. The summed E-state index contributed by atoms with van der Waals surface area (Å²) in [7, 11) is 0. The van der Waals surface area contributed by atoms with Crippen LogP contribution in [0, 0.1) is 5.92 Å². The smallest absolute Gasteiger partial charge is 0.240 e. The van der Waals surface area contributed by atoms with E-state index in [0.717, 1.165) is 44.5 Å². The summed E-state index contributed by atoms with van der Waals surface area (Å²) in [6.07, 6.45) is 7.19. The third-order valence-electron chi connectivity index (χ3n) is 4.76. The van der Waals surface area contributed by atoms with Crippen molar-refractivity contribution in [2.24, 2.45) is 11.7 Å². The lowest BCUT2D eigenvalue weighted by atomic mass is 9.89. The maximum atomic E-state index is 5.49. The molecule has 0 radical (unpaired) electrons. The van der Waals surface area contributed by atoms with Gasteiger partial charge in [-0.2, -0.15) is 4.98 Å². The molecule has 0 aromatic carbocycles. The molecule has 2 aliphatic rings. The van der Waals surface area contributed by atoms with Crippen LogP contribution in [0.15, 0.2) is 4.52 Å². The van der Waals surface area contributed by atoms with Gasteiger partial charge in [0.15, 0.2) is 5.82 Å². The fourth-order valence-corrected chi connectivity index (χ4v) is 3.50. The molecule has 2 heterocycles. The molecule has 1 aliphatic carbocycles. The van der Waals surface area contributed by atoms with Gasteiger partial charge in [0.2, 0.25) is 5.89 Å². The predicted octanol–water partition coefficient (Wildman–Crippen LogP) is 2.07. The quantitative estimate of drug-likeness (QED) is 0.860. The third-order valence-corrected chi connectivity index (χ3v) is 4.76. The van der Waals surface area contributed by atoms with Gasteiger partial charge in [-0.25, -0.2) is 0 Å². The zero-order chi connectivity index (χ0) is 14.5. The van der Waals surface area contributed by atoms with E-state index in [4.69, 9.17) is 10.3 Å². The Bertz CT molecular complexity index is 431. The average Bonchev–Trinajstić information content (AvgIpc) is 2.98. The number of halogens is 2. The van der Waals surface area contributed by atoms with Gasteiger partial charge in [0.25, 0.3) is 0 Å². The molecule has 2 fully saturated rings. The molecule has 0 atom stereocenters. The van der Waals surface area contributed by atoms with E-state index >= 15 is 0 Å². The van der Waals surface area contributed by atoms with Crippen LogP contribution in [0.2, 0.25) is 0 Å². The molecule has 1 aromatic rings. The van der Waals surface area contributed by atoms with Crippen LogP contribution >= 0.6 is 24.8 Å². The van der Waals surface area contributed by atoms with Gasteiger partial charge in [0, 0.05) is 32.7 Å². The normalized spacial score (nSPS) is 20.7. The minimum atomic E-state index is 0. The lowest BCUT2D eigenvalue weighted by Crippen LogP contribution is -2.47. The van der Waals surface area contributed by atoms with Crippen molar-refractivity contribution in [3.63, 3.8) is 0 Å². The number of hydrogen-bond acceptors (Lipinski definition) is 6. The van der Waals surface area contributed by atoms with E-state index in [9.17, 15) is 0 Å². The first kappa shape index (κ1) is 20.6. The summed E-state index contributed by atoms with van der Waals surface area (Å²) in [5.74, 6) is 2.23. The topological polar surface area (TPSA) is 71.4 Å². The van der Waals surface area contributed by atoms with E-state index in [0.29, 0.717) is 12.4 Å². The predicted molar refractivity (Wildman–Crippen MR) is 95.0 cm³/mol. The fraction of sp³-hybridized carbons (Fsp3) is 0.867. The van der Waals surface area contributed by atoms with Gasteiger partial charge < -0.3 is 15.2 Å². The molecule has 0 amide bonds. The summed E-state index contributed by atoms with van der Waals surface area (Å²) in [5, 5.41) is 3.97. The molecule has 1 saturated carbocycles. The molecule has 8 heteroatoms. The second-order valence-electron chi connectivity index (χ2n) is 6.39. The van der Waals surface area contributed by atoms with Crippen molar-refractivity contribution in [1.82, 2.24) is 19.9 Å². The molecular formula is C15H29Cl2N5O. The van der Waals surface area contributed by atoms with Gasteiger partial charge in [-0.05, 0) is 18.8 Å². The molecule has 1 aromatic heterocycles. The van der Waals surface area contributed by atoms with E-state index < -0.39 is 0 Å². The van der Waals surface area contributed by atoms with Gasteiger partial charge >= 0.3 is 0 Å². The maximum Gasteiger partial charge on any atom is 0.240 e. The highest BCUT2D eigenvalue weighted by atomic mass is 35.5. The Hall–Kier alpha value is -0.400. The number of rotatable bonds is 5. The van der Waals surface area contributed by atoms with Crippen molar-refractivity contribution < 1.29 is 4.52 Å². The van der Waals surface area contributed by atoms with Crippen molar-refractivity contribution >= 4 is 24.8 Å². The van der Waals surface area contributed by atoms with Gasteiger partial charge in [-0.3, -0.25) is 4.90 Å². The van der Waals surface area contributed by atoms with Crippen molar-refractivity contribution in [2.45, 2.75) is 45.2 Å². The van der Waals surface area contributed by atoms with Crippen molar-refractivity contribution in [3.05, 3.63) is 11.7 Å².